The Kier molecular flexibility index (Phi) is 6.18. The summed E-state index contributed by atoms with van der Waals surface area (Å²) in [5, 5.41) is 12.5. The summed E-state index contributed by atoms with van der Waals surface area (Å²) in [6.07, 6.45) is 6.13. The molecule has 5 heteroatoms. The number of carbonyl (C=O) groups is 1. The molecule has 22 heavy (non-hydrogen) atoms. The molecule has 1 aromatic carbocycles. The SMILES string of the molecule is Cn1cc(/C=C/C(=O)NCCCOCCO)c2ccccc21. The van der Waals surface area contributed by atoms with E-state index < -0.39 is 0 Å². The zero-order valence-electron chi connectivity index (χ0n) is 12.8. The summed E-state index contributed by atoms with van der Waals surface area (Å²) in [7, 11) is 1.99. The Morgan fingerprint density at radius 1 is 1.36 bits per heavy atom. The van der Waals surface area contributed by atoms with E-state index in [1.54, 1.807) is 6.08 Å². The molecule has 0 saturated heterocycles. The molecule has 1 heterocycles. The maximum atomic E-state index is 11.8. The quantitative estimate of drug-likeness (QED) is 0.576. The number of amides is 1. The van der Waals surface area contributed by atoms with Gasteiger partial charge in [-0.1, -0.05) is 18.2 Å². The van der Waals surface area contributed by atoms with Crippen LogP contribution in [-0.4, -0.2) is 41.9 Å². The maximum absolute atomic E-state index is 11.8. The van der Waals surface area contributed by atoms with Crippen molar-refractivity contribution in [2.75, 3.05) is 26.4 Å². The third-order valence-corrected chi connectivity index (χ3v) is 3.34. The standard InChI is InChI=1S/C17H22N2O3/c1-19-13-14(15-5-2-3-6-16(15)19)7-8-17(21)18-9-4-11-22-12-10-20/h2-3,5-8,13,20H,4,9-12H2,1H3,(H,18,21)/b8-7+. The van der Waals surface area contributed by atoms with Gasteiger partial charge in [-0.2, -0.15) is 0 Å². The molecule has 1 aromatic heterocycles. The van der Waals surface area contributed by atoms with Crippen molar-refractivity contribution >= 4 is 22.9 Å². The summed E-state index contributed by atoms with van der Waals surface area (Å²) in [4.78, 5) is 11.8. The lowest BCUT2D eigenvalue weighted by molar-refractivity contribution is -0.116. The Morgan fingerprint density at radius 3 is 3.00 bits per heavy atom. The van der Waals surface area contributed by atoms with Crippen molar-refractivity contribution in [3.05, 3.63) is 42.1 Å². The number of aliphatic hydroxyl groups is 1. The topological polar surface area (TPSA) is 63.5 Å². The summed E-state index contributed by atoms with van der Waals surface area (Å²) >= 11 is 0. The molecule has 0 saturated carbocycles. The molecular formula is C17H22N2O3. The number of nitrogens with zero attached hydrogens (tertiary/aromatic N) is 1. The van der Waals surface area contributed by atoms with Gasteiger partial charge in [0.1, 0.15) is 0 Å². The Morgan fingerprint density at radius 2 is 2.18 bits per heavy atom. The van der Waals surface area contributed by atoms with Crippen molar-refractivity contribution in [1.29, 1.82) is 0 Å². The summed E-state index contributed by atoms with van der Waals surface area (Å²) in [5.74, 6) is -0.116. The first kappa shape index (κ1) is 16.3. The summed E-state index contributed by atoms with van der Waals surface area (Å²) < 4.78 is 7.17. The second-order valence-corrected chi connectivity index (χ2v) is 5.03. The largest absolute Gasteiger partial charge is 0.394 e. The number of fused-ring (bicyclic) bond motifs is 1. The fourth-order valence-corrected chi connectivity index (χ4v) is 2.28. The molecule has 5 nitrogen and oxygen atoms in total. The van der Waals surface area contributed by atoms with Crippen LogP contribution in [0.15, 0.2) is 36.5 Å². The van der Waals surface area contributed by atoms with Crippen molar-refractivity contribution in [3.63, 3.8) is 0 Å². The summed E-state index contributed by atoms with van der Waals surface area (Å²) in [6, 6.07) is 8.10. The van der Waals surface area contributed by atoms with Crippen molar-refractivity contribution in [3.8, 4) is 0 Å². The van der Waals surface area contributed by atoms with Gasteiger partial charge < -0.3 is 19.7 Å². The minimum Gasteiger partial charge on any atom is -0.394 e. The first-order chi connectivity index (χ1) is 10.7. The average molecular weight is 302 g/mol. The van der Waals surface area contributed by atoms with Crippen LogP contribution in [0.5, 0.6) is 0 Å². The fourth-order valence-electron chi connectivity index (χ4n) is 2.28. The zero-order chi connectivity index (χ0) is 15.8. The van der Waals surface area contributed by atoms with Crippen molar-refractivity contribution in [1.82, 2.24) is 9.88 Å². The first-order valence-corrected chi connectivity index (χ1v) is 7.41. The van der Waals surface area contributed by atoms with Crippen molar-refractivity contribution in [2.45, 2.75) is 6.42 Å². The highest BCUT2D eigenvalue weighted by Gasteiger charge is 2.03. The highest BCUT2D eigenvalue weighted by Crippen LogP contribution is 2.21. The number of nitrogens with one attached hydrogen (secondary N) is 1. The molecule has 0 aliphatic rings. The number of aryl methyl sites for hydroxylation is 1. The molecule has 0 aliphatic carbocycles. The molecule has 0 unspecified atom stereocenters. The molecule has 0 radical (unpaired) electrons. The molecule has 0 aliphatic heterocycles. The predicted octanol–water partition coefficient (Wildman–Crippen LogP) is 1.71. The third kappa shape index (κ3) is 4.44. The lowest BCUT2D eigenvalue weighted by atomic mass is 10.1. The smallest absolute Gasteiger partial charge is 0.244 e. The van der Waals surface area contributed by atoms with Crippen LogP contribution >= 0.6 is 0 Å². The predicted molar refractivity (Wildman–Crippen MR) is 87.5 cm³/mol. The number of para-hydroxylation sites is 1. The molecule has 0 fully saturated rings. The number of carbonyl (C=O) groups excluding carboxylic acids is 1. The van der Waals surface area contributed by atoms with Crippen LogP contribution in [0.3, 0.4) is 0 Å². The van der Waals surface area contributed by atoms with Gasteiger partial charge in [0.15, 0.2) is 0 Å². The van der Waals surface area contributed by atoms with Gasteiger partial charge in [0.25, 0.3) is 0 Å². The fraction of sp³-hybridized carbons (Fsp3) is 0.353. The van der Waals surface area contributed by atoms with E-state index in [0.717, 1.165) is 22.9 Å². The molecule has 2 aromatic rings. The lowest BCUT2D eigenvalue weighted by Crippen LogP contribution is -2.23. The summed E-state index contributed by atoms with van der Waals surface area (Å²) in [6.45, 7) is 1.47. The van der Waals surface area contributed by atoms with E-state index in [2.05, 4.69) is 11.4 Å². The number of ether oxygens (including phenoxy) is 1. The minimum absolute atomic E-state index is 0.0279. The van der Waals surface area contributed by atoms with Crippen LogP contribution in [0.1, 0.15) is 12.0 Å². The van der Waals surface area contributed by atoms with Crippen molar-refractivity contribution < 1.29 is 14.6 Å². The van der Waals surface area contributed by atoms with Crippen molar-refractivity contribution in [2.24, 2.45) is 7.05 Å². The van der Waals surface area contributed by atoms with Gasteiger partial charge in [-0.05, 0) is 18.6 Å². The van der Waals surface area contributed by atoms with Crippen LogP contribution in [0.25, 0.3) is 17.0 Å². The van der Waals surface area contributed by atoms with E-state index in [1.807, 2.05) is 42.1 Å². The Bertz CT molecular complexity index is 646. The van der Waals surface area contributed by atoms with Gasteiger partial charge in [-0.25, -0.2) is 0 Å². The van der Waals surface area contributed by atoms with E-state index in [0.29, 0.717) is 19.8 Å². The van der Waals surface area contributed by atoms with Gasteiger partial charge in [0.2, 0.25) is 5.91 Å². The maximum Gasteiger partial charge on any atom is 0.244 e. The van der Waals surface area contributed by atoms with Crippen LogP contribution in [-0.2, 0) is 16.6 Å². The highest BCUT2D eigenvalue weighted by molar-refractivity contribution is 5.96. The first-order valence-electron chi connectivity index (χ1n) is 7.41. The molecule has 0 spiro atoms. The van der Waals surface area contributed by atoms with Gasteiger partial charge in [-0.3, -0.25) is 4.79 Å². The normalized spacial score (nSPS) is 11.4. The number of benzene rings is 1. The molecule has 0 atom stereocenters. The van der Waals surface area contributed by atoms with E-state index in [4.69, 9.17) is 9.84 Å². The number of hydrogen-bond acceptors (Lipinski definition) is 3. The molecule has 0 bridgehead atoms. The Hall–Kier alpha value is -2.11. The van der Waals surface area contributed by atoms with Gasteiger partial charge in [0, 0.05) is 48.9 Å². The number of rotatable bonds is 8. The monoisotopic (exact) mass is 302 g/mol. The third-order valence-electron chi connectivity index (χ3n) is 3.34. The Balaban J connectivity index is 1.84. The number of hydrogen-bond donors (Lipinski definition) is 2. The van der Waals surface area contributed by atoms with E-state index >= 15 is 0 Å². The highest BCUT2D eigenvalue weighted by atomic mass is 16.5. The molecule has 2 rings (SSSR count). The molecule has 1 amide bonds. The van der Waals surface area contributed by atoms with Crippen LogP contribution in [0.4, 0.5) is 0 Å². The second-order valence-electron chi connectivity index (χ2n) is 5.03. The van der Waals surface area contributed by atoms with Crippen LogP contribution in [0.2, 0.25) is 0 Å². The number of aliphatic hydroxyl groups excluding tert-OH is 1. The van der Waals surface area contributed by atoms with Gasteiger partial charge in [0.05, 0.1) is 13.2 Å². The minimum atomic E-state index is -0.116. The molecule has 118 valence electrons. The molecular weight excluding hydrogens is 280 g/mol. The van der Waals surface area contributed by atoms with E-state index in [1.165, 1.54) is 0 Å². The van der Waals surface area contributed by atoms with E-state index in [9.17, 15) is 4.79 Å². The zero-order valence-corrected chi connectivity index (χ0v) is 12.8. The lowest BCUT2D eigenvalue weighted by Gasteiger charge is -2.03. The summed E-state index contributed by atoms with van der Waals surface area (Å²) in [5.41, 5.74) is 2.17. The molecule has 2 N–H and O–H groups in total. The van der Waals surface area contributed by atoms with Gasteiger partial charge >= 0.3 is 0 Å². The van der Waals surface area contributed by atoms with Crippen LogP contribution < -0.4 is 5.32 Å². The average Bonchev–Trinajstić information content (AvgIpc) is 2.86. The number of aromatic nitrogens is 1. The van der Waals surface area contributed by atoms with E-state index in [-0.39, 0.29) is 12.5 Å². The second kappa shape index (κ2) is 8.36. The van der Waals surface area contributed by atoms with Crippen LogP contribution in [0, 0.1) is 0 Å². The Labute approximate surface area is 130 Å². The van der Waals surface area contributed by atoms with Gasteiger partial charge in [-0.15, -0.1) is 0 Å².